The van der Waals surface area contributed by atoms with Crippen LogP contribution in [0.1, 0.15) is 50.3 Å². The van der Waals surface area contributed by atoms with Crippen molar-refractivity contribution in [1.82, 2.24) is 10.2 Å². The molecule has 1 heterocycles. The molecule has 0 atom stereocenters. The van der Waals surface area contributed by atoms with Gasteiger partial charge < -0.3 is 5.32 Å². The van der Waals surface area contributed by atoms with E-state index >= 15 is 0 Å². The van der Waals surface area contributed by atoms with Gasteiger partial charge in [-0.25, -0.2) is 0 Å². The molecule has 3 nitrogen and oxygen atoms in total. The van der Waals surface area contributed by atoms with Crippen LogP contribution in [0.2, 0.25) is 0 Å². The van der Waals surface area contributed by atoms with Crippen LogP contribution in [0.15, 0.2) is 18.2 Å². The third-order valence-electron chi connectivity index (χ3n) is 4.50. The summed E-state index contributed by atoms with van der Waals surface area (Å²) in [6.45, 7) is 13.4. The first-order chi connectivity index (χ1) is 10.3. The Hall–Kier alpha value is -1.35. The number of hydrogen-bond donors (Lipinski definition) is 1. The fraction of sp³-hybridized carbons (Fsp3) is 0.632. The fourth-order valence-corrected chi connectivity index (χ4v) is 2.85. The molecule has 1 N–H and O–H groups in total. The number of likely N-dealkylation sites (tertiary alicyclic amines) is 1. The molecule has 0 bridgehead atoms. The Kier molecular flexibility index (Phi) is 5.28. The summed E-state index contributed by atoms with van der Waals surface area (Å²) in [5.74, 6) is 0.167. The first-order valence-corrected chi connectivity index (χ1v) is 8.35. The molecule has 0 spiro atoms. The van der Waals surface area contributed by atoms with E-state index in [1.807, 2.05) is 20.8 Å². The lowest BCUT2D eigenvalue weighted by Crippen LogP contribution is -2.47. The SMILES string of the molecule is Cc1ccc(C)c(CN2CCC(NC(=O)C(C)(C)C)CC2)c1. The summed E-state index contributed by atoms with van der Waals surface area (Å²) in [5, 5.41) is 3.20. The van der Waals surface area contributed by atoms with Gasteiger partial charge in [0.15, 0.2) is 0 Å². The van der Waals surface area contributed by atoms with Crippen molar-refractivity contribution < 1.29 is 4.79 Å². The highest BCUT2D eigenvalue weighted by atomic mass is 16.2. The molecule has 0 saturated carbocycles. The van der Waals surface area contributed by atoms with Gasteiger partial charge in [-0.05, 0) is 37.8 Å². The van der Waals surface area contributed by atoms with E-state index < -0.39 is 0 Å². The molecule has 1 aliphatic heterocycles. The van der Waals surface area contributed by atoms with Gasteiger partial charge in [-0.1, -0.05) is 44.5 Å². The van der Waals surface area contributed by atoms with E-state index in [4.69, 9.17) is 0 Å². The Morgan fingerprint density at radius 2 is 1.86 bits per heavy atom. The maximum absolute atomic E-state index is 12.1. The zero-order valence-electron chi connectivity index (χ0n) is 14.7. The van der Waals surface area contributed by atoms with E-state index in [-0.39, 0.29) is 11.3 Å². The summed E-state index contributed by atoms with van der Waals surface area (Å²) in [6.07, 6.45) is 2.10. The Labute approximate surface area is 135 Å². The van der Waals surface area contributed by atoms with Gasteiger partial charge in [-0.2, -0.15) is 0 Å². The van der Waals surface area contributed by atoms with Gasteiger partial charge in [0, 0.05) is 31.1 Å². The molecule has 2 rings (SSSR count). The van der Waals surface area contributed by atoms with Crippen molar-refractivity contribution in [3.8, 4) is 0 Å². The fourth-order valence-electron chi connectivity index (χ4n) is 2.85. The third kappa shape index (κ3) is 4.57. The summed E-state index contributed by atoms with van der Waals surface area (Å²) in [7, 11) is 0. The van der Waals surface area contributed by atoms with Crippen molar-refractivity contribution >= 4 is 5.91 Å². The number of amides is 1. The zero-order chi connectivity index (χ0) is 16.3. The lowest BCUT2D eigenvalue weighted by Gasteiger charge is -2.34. The first kappa shape index (κ1) is 17.0. The molecule has 122 valence electrons. The van der Waals surface area contributed by atoms with Crippen LogP contribution in [-0.2, 0) is 11.3 Å². The second-order valence-electron chi connectivity index (χ2n) is 7.70. The summed E-state index contributed by atoms with van der Waals surface area (Å²) in [4.78, 5) is 14.6. The minimum absolute atomic E-state index is 0.167. The quantitative estimate of drug-likeness (QED) is 0.928. The summed E-state index contributed by atoms with van der Waals surface area (Å²) in [5.41, 5.74) is 3.83. The number of nitrogens with one attached hydrogen (secondary N) is 1. The van der Waals surface area contributed by atoms with Crippen molar-refractivity contribution in [2.24, 2.45) is 5.41 Å². The average Bonchev–Trinajstić information content (AvgIpc) is 2.44. The monoisotopic (exact) mass is 302 g/mol. The summed E-state index contributed by atoms with van der Waals surface area (Å²) in [6, 6.07) is 7.01. The minimum atomic E-state index is -0.296. The number of piperidine rings is 1. The molecule has 0 aliphatic carbocycles. The van der Waals surface area contributed by atoms with Crippen molar-refractivity contribution in [3.63, 3.8) is 0 Å². The third-order valence-corrected chi connectivity index (χ3v) is 4.50. The number of aryl methyl sites for hydroxylation is 2. The summed E-state index contributed by atoms with van der Waals surface area (Å²) >= 11 is 0. The van der Waals surface area contributed by atoms with E-state index in [9.17, 15) is 4.79 Å². The number of carbonyl (C=O) groups is 1. The van der Waals surface area contributed by atoms with Gasteiger partial charge in [0.1, 0.15) is 0 Å². The van der Waals surface area contributed by atoms with Gasteiger partial charge in [0.05, 0.1) is 0 Å². The number of carbonyl (C=O) groups excluding carboxylic acids is 1. The van der Waals surface area contributed by atoms with Crippen LogP contribution in [0.3, 0.4) is 0 Å². The highest BCUT2D eigenvalue weighted by molar-refractivity contribution is 5.81. The van der Waals surface area contributed by atoms with E-state index in [0.29, 0.717) is 6.04 Å². The van der Waals surface area contributed by atoms with E-state index in [1.165, 1.54) is 16.7 Å². The van der Waals surface area contributed by atoms with Crippen molar-refractivity contribution in [3.05, 3.63) is 34.9 Å². The van der Waals surface area contributed by atoms with Gasteiger partial charge in [0.25, 0.3) is 0 Å². The van der Waals surface area contributed by atoms with Crippen molar-refractivity contribution in [2.75, 3.05) is 13.1 Å². The average molecular weight is 302 g/mol. The second kappa shape index (κ2) is 6.82. The molecule has 1 aromatic rings. The van der Waals surface area contributed by atoms with Crippen molar-refractivity contribution in [2.45, 2.75) is 60.0 Å². The maximum Gasteiger partial charge on any atom is 0.225 e. The number of hydrogen-bond acceptors (Lipinski definition) is 2. The predicted octanol–water partition coefficient (Wildman–Crippen LogP) is 3.43. The van der Waals surface area contributed by atoms with Crippen LogP contribution in [0, 0.1) is 19.3 Å². The largest absolute Gasteiger partial charge is 0.353 e. The standard InChI is InChI=1S/C19H30N2O/c1-14-6-7-15(2)16(12-14)13-21-10-8-17(9-11-21)20-18(22)19(3,4)5/h6-7,12,17H,8-11,13H2,1-5H3,(H,20,22). The van der Waals surface area contributed by atoms with Gasteiger partial charge >= 0.3 is 0 Å². The molecular formula is C19H30N2O. The number of rotatable bonds is 3. The van der Waals surface area contributed by atoms with Gasteiger partial charge in [-0.15, -0.1) is 0 Å². The lowest BCUT2D eigenvalue weighted by atomic mass is 9.94. The topological polar surface area (TPSA) is 32.3 Å². The van der Waals surface area contributed by atoms with E-state index in [2.05, 4.69) is 42.3 Å². The van der Waals surface area contributed by atoms with Crippen LogP contribution in [0.25, 0.3) is 0 Å². The van der Waals surface area contributed by atoms with E-state index in [1.54, 1.807) is 0 Å². The lowest BCUT2D eigenvalue weighted by molar-refractivity contribution is -0.129. The first-order valence-electron chi connectivity index (χ1n) is 8.35. The van der Waals surface area contributed by atoms with Gasteiger partial charge in [0.2, 0.25) is 5.91 Å². The molecule has 3 heteroatoms. The molecule has 22 heavy (non-hydrogen) atoms. The van der Waals surface area contributed by atoms with Crippen LogP contribution in [0.5, 0.6) is 0 Å². The highest BCUT2D eigenvalue weighted by Crippen LogP contribution is 2.19. The van der Waals surface area contributed by atoms with Crippen LogP contribution < -0.4 is 5.32 Å². The highest BCUT2D eigenvalue weighted by Gasteiger charge is 2.26. The van der Waals surface area contributed by atoms with Crippen LogP contribution >= 0.6 is 0 Å². The Bertz CT molecular complexity index is 523. The Morgan fingerprint density at radius 1 is 1.23 bits per heavy atom. The van der Waals surface area contributed by atoms with E-state index in [0.717, 1.165) is 32.5 Å². The Morgan fingerprint density at radius 3 is 2.45 bits per heavy atom. The molecule has 0 radical (unpaired) electrons. The summed E-state index contributed by atoms with van der Waals surface area (Å²) < 4.78 is 0. The van der Waals surface area contributed by atoms with Crippen LogP contribution in [0.4, 0.5) is 0 Å². The molecule has 0 aromatic heterocycles. The Balaban J connectivity index is 1.85. The van der Waals surface area contributed by atoms with Gasteiger partial charge in [-0.3, -0.25) is 9.69 Å². The number of benzene rings is 1. The molecule has 1 saturated heterocycles. The molecule has 1 aliphatic rings. The second-order valence-corrected chi connectivity index (χ2v) is 7.70. The predicted molar refractivity (Wildman–Crippen MR) is 91.8 cm³/mol. The zero-order valence-corrected chi connectivity index (χ0v) is 14.7. The molecule has 1 aromatic carbocycles. The van der Waals surface area contributed by atoms with Crippen LogP contribution in [-0.4, -0.2) is 29.9 Å². The molecule has 1 amide bonds. The molecule has 0 unspecified atom stereocenters. The number of nitrogens with zero attached hydrogens (tertiary/aromatic N) is 1. The smallest absolute Gasteiger partial charge is 0.225 e. The molecular weight excluding hydrogens is 272 g/mol. The van der Waals surface area contributed by atoms with Crippen molar-refractivity contribution in [1.29, 1.82) is 0 Å². The molecule has 1 fully saturated rings. The minimum Gasteiger partial charge on any atom is -0.353 e. The maximum atomic E-state index is 12.1. The normalized spacial score (nSPS) is 17.5.